The second-order valence-electron chi connectivity index (χ2n) is 6.89. The summed E-state index contributed by atoms with van der Waals surface area (Å²) in [5, 5.41) is 6.45. The van der Waals surface area contributed by atoms with Gasteiger partial charge in [0.2, 0.25) is 5.91 Å². The maximum Gasteiger partial charge on any atom is 0.237 e. The average molecular weight is 254 g/mol. The van der Waals surface area contributed by atoms with Crippen molar-refractivity contribution in [3.05, 3.63) is 0 Å². The summed E-state index contributed by atoms with van der Waals surface area (Å²) in [6, 6.07) is 0.478. The fourth-order valence-electron chi connectivity index (χ4n) is 2.75. The van der Waals surface area contributed by atoms with E-state index in [4.69, 9.17) is 4.74 Å². The van der Waals surface area contributed by atoms with E-state index in [1.54, 1.807) is 0 Å². The molecular weight excluding hydrogens is 228 g/mol. The number of amides is 1. The van der Waals surface area contributed by atoms with Crippen molar-refractivity contribution in [1.82, 2.24) is 10.6 Å². The highest BCUT2D eigenvalue weighted by molar-refractivity contribution is 5.81. The highest BCUT2D eigenvalue weighted by Crippen LogP contribution is 2.37. The SMILES string of the molecule is CC(NC1CC(C)(C)OC1(C)C)C(=O)NC1CC1. The Bertz CT molecular complexity index is 335. The normalized spacial score (nSPS) is 31.1. The molecule has 18 heavy (non-hydrogen) atoms. The van der Waals surface area contributed by atoms with Gasteiger partial charge in [0.25, 0.3) is 0 Å². The molecule has 0 aromatic heterocycles. The molecule has 2 unspecified atom stereocenters. The molecule has 0 spiro atoms. The van der Waals surface area contributed by atoms with Crippen LogP contribution in [0.4, 0.5) is 0 Å². The van der Waals surface area contributed by atoms with Crippen molar-refractivity contribution >= 4 is 5.91 Å². The summed E-state index contributed by atoms with van der Waals surface area (Å²) < 4.78 is 6.03. The van der Waals surface area contributed by atoms with E-state index in [0.29, 0.717) is 6.04 Å². The van der Waals surface area contributed by atoms with E-state index in [1.165, 1.54) is 0 Å². The number of rotatable bonds is 4. The van der Waals surface area contributed by atoms with Crippen LogP contribution < -0.4 is 10.6 Å². The van der Waals surface area contributed by atoms with Crippen LogP contribution in [0.1, 0.15) is 53.9 Å². The van der Waals surface area contributed by atoms with Crippen LogP contribution in [-0.2, 0) is 9.53 Å². The molecule has 1 saturated heterocycles. The van der Waals surface area contributed by atoms with E-state index in [0.717, 1.165) is 19.3 Å². The van der Waals surface area contributed by atoms with E-state index in [9.17, 15) is 4.79 Å². The first-order valence-corrected chi connectivity index (χ1v) is 6.96. The van der Waals surface area contributed by atoms with E-state index < -0.39 is 0 Å². The van der Waals surface area contributed by atoms with Gasteiger partial charge in [0.05, 0.1) is 17.2 Å². The third-order valence-electron chi connectivity index (χ3n) is 3.84. The lowest BCUT2D eigenvalue weighted by Gasteiger charge is -2.29. The van der Waals surface area contributed by atoms with Gasteiger partial charge in [0, 0.05) is 12.1 Å². The molecule has 1 aliphatic heterocycles. The van der Waals surface area contributed by atoms with Gasteiger partial charge in [-0.2, -0.15) is 0 Å². The Kier molecular flexibility index (Phi) is 3.45. The Morgan fingerprint density at radius 3 is 2.33 bits per heavy atom. The highest BCUT2D eigenvalue weighted by Gasteiger charge is 2.46. The Labute approximate surface area is 110 Å². The van der Waals surface area contributed by atoms with Crippen LogP contribution in [0.5, 0.6) is 0 Å². The van der Waals surface area contributed by atoms with Crippen molar-refractivity contribution in [3.8, 4) is 0 Å². The summed E-state index contributed by atoms with van der Waals surface area (Å²) in [7, 11) is 0. The van der Waals surface area contributed by atoms with E-state index in [2.05, 4.69) is 38.3 Å². The zero-order chi connectivity index (χ0) is 13.6. The number of ether oxygens (including phenoxy) is 1. The summed E-state index contributed by atoms with van der Waals surface area (Å²) in [4.78, 5) is 11.9. The van der Waals surface area contributed by atoms with Gasteiger partial charge in [-0.3, -0.25) is 4.79 Å². The molecule has 2 rings (SSSR count). The smallest absolute Gasteiger partial charge is 0.237 e. The fraction of sp³-hybridized carbons (Fsp3) is 0.929. The van der Waals surface area contributed by atoms with E-state index in [1.807, 2.05) is 6.92 Å². The second kappa shape index (κ2) is 4.49. The standard InChI is InChI=1S/C14H26N2O2/c1-9(12(17)16-10-6-7-10)15-11-8-13(2,3)18-14(11,4)5/h9-11,15H,6-8H2,1-5H3,(H,16,17). The molecule has 104 valence electrons. The molecule has 1 saturated carbocycles. The summed E-state index contributed by atoms with van der Waals surface area (Å²) in [5.74, 6) is 0.109. The Hall–Kier alpha value is -0.610. The lowest BCUT2D eigenvalue weighted by Crippen LogP contribution is -2.52. The van der Waals surface area contributed by atoms with Crippen LogP contribution in [0.3, 0.4) is 0 Å². The van der Waals surface area contributed by atoms with Gasteiger partial charge in [0.1, 0.15) is 0 Å². The first-order chi connectivity index (χ1) is 8.20. The summed E-state index contributed by atoms with van der Waals surface area (Å²) in [6.07, 6.45) is 3.19. The predicted molar refractivity (Wildman–Crippen MR) is 71.4 cm³/mol. The molecule has 0 aromatic rings. The maximum absolute atomic E-state index is 11.9. The van der Waals surface area contributed by atoms with E-state index >= 15 is 0 Å². The molecule has 4 nitrogen and oxygen atoms in total. The average Bonchev–Trinajstić information content (AvgIpc) is 2.94. The van der Waals surface area contributed by atoms with Gasteiger partial charge in [-0.05, 0) is 53.9 Å². The minimum absolute atomic E-state index is 0.109. The third-order valence-corrected chi connectivity index (χ3v) is 3.84. The highest BCUT2D eigenvalue weighted by atomic mass is 16.5. The molecule has 0 bridgehead atoms. The molecule has 2 aliphatic rings. The minimum atomic E-state index is -0.225. The lowest BCUT2D eigenvalue weighted by molar-refractivity contribution is -0.123. The minimum Gasteiger partial charge on any atom is -0.368 e. The van der Waals surface area contributed by atoms with E-state index in [-0.39, 0.29) is 29.2 Å². The molecule has 2 atom stereocenters. The zero-order valence-electron chi connectivity index (χ0n) is 12.2. The largest absolute Gasteiger partial charge is 0.368 e. The molecule has 1 amide bonds. The zero-order valence-corrected chi connectivity index (χ0v) is 12.2. The molecule has 2 N–H and O–H groups in total. The third kappa shape index (κ3) is 3.23. The number of carbonyl (C=O) groups excluding carboxylic acids is 1. The summed E-state index contributed by atoms with van der Waals surface area (Å²) >= 11 is 0. The quantitative estimate of drug-likeness (QED) is 0.801. The maximum atomic E-state index is 11.9. The second-order valence-corrected chi connectivity index (χ2v) is 6.89. The van der Waals surface area contributed by atoms with Crippen molar-refractivity contribution < 1.29 is 9.53 Å². The first kappa shape index (κ1) is 13.8. The molecule has 0 radical (unpaired) electrons. The van der Waals surface area contributed by atoms with Crippen LogP contribution in [-0.4, -0.2) is 35.2 Å². The van der Waals surface area contributed by atoms with Crippen molar-refractivity contribution in [1.29, 1.82) is 0 Å². The van der Waals surface area contributed by atoms with Gasteiger partial charge in [-0.25, -0.2) is 0 Å². The van der Waals surface area contributed by atoms with Crippen molar-refractivity contribution in [2.24, 2.45) is 0 Å². The van der Waals surface area contributed by atoms with Crippen LogP contribution in [0.25, 0.3) is 0 Å². The Morgan fingerprint density at radius 2 is 1.89 bits per heavy atom. The molecular formula is C14H26N2O2. The molecule has 2 fully saturated rings. The summed E-state index contributed by atoms with van der Waals surface area (Å²) in [6.45, 7) is 10.3. The number of nitrogens with one attached hydrogen (secondary N) is 2. The Morgan fingerprint density at radius 1 is 1.28 bits per heavy atom. The van der Waals surface area contributed by atoms with Crippen LogP contribution in [0.2, 0.25) is 0 Å². The van der Waals surface area contributed by atoms with Gasteiger partial charge >= 0.3 is 0 Å². The van der Waals surface area contributed by atoms with Gasteiger partial charge in [-0.15, -0.1) is 0 Å². The first-order valence-electron chi connectivity index (χ1n) is 6.96. The molecule has 1 aliphatic carbocycles. The monoisotopic (exact) mass is 254 g/mol. The molecule has 0 aromatic carbocycles. The van der Waals surface area contributed by atoms with Crippen molar-refractivity contribution in [2.75, 3.05) is 0 Å². The fourth-order valence-corrected chi connectivity index (χ4v) is 2.75. The van der Waals surface area contributed by atoms with Gasteiger partial charge in [0.15, 0.2) is 0 Å². The van der Waals surface area contributed by atoms with Crippen LogP contribution in [0, 0.1) is 0 Å². The van der Waals surface area contributed by atoms with Crippen LogP contribution >= 0.6 is 0 Å². The summed E-state index contributed by atoms with van der Waals surface area (Å²) in [5.41, 5.74) is -0.342. The predicted octanol–water partition coefficient (Wildman–Crippen LogP) is 1.59. The van der Waals surface area contributed by atoms with Crippen molar-refractivity contribution in [3.63, 3.8) is 0 Å². The molecule has 4 heteroatoms. The van der Waals surface area contributed by atoms with Gasteiger partial charge < -0.3 is 15.4 Å². The lowest BCUT2D eigenvalue weighted by atomic mass is 9.94. The number of hydrogen-bond acceptors (Lipinski definition) is 3. The topological polar surface area (TPSA) is 50.4 Å². The van der Waals surface area contributed by atoms with Gasteiger partial charge in [-0.1, -0.05) is 0 Å². The number of hydrogen-bond donors (Lipinski definition) is 2. The number of carbonyl (C=O) groups is 1. The Balaban J connectivity index is 1.89. The van der Waals surface area contributed by atoms with Crippen LogP contribution in [0.15, 0.2) is 0 Å². The molecule has 1 heterocycles. The van der Waals surface area contributed by atoms with Crippen molar-refractivity contribution in [2.45, 2.75) is 83.2 Å².